The fourth-order valence-electron chi connectivity index (χ4n) is 1.65. The summed E-state index contributed by atoms with van der Waals surface area (Å²) < 4.78 is 6.24. The van der Waals surface area contributed by atoms with Gasteiger partial charge < -0.3 is 9.84 Å². The van der Waals surface area contributed by atoms with E-state index < -0.39 is 5.97 Å². The fraction of sp³-hybridized carbons (Fsp3) is 0.300. The Balaban J connectivity index is 2.57. The standard InChI is InChI=1S/C10H9BrO3/c1-5-2-6-3-7(11)4-8(10(12)13)9(6)14-5/h3-5H,2H2,1H3,(H,12,13). The first-order chi connectivity index (χ1) is 6.58. The Labute approximate surface area is 89.8 Å². The largest absolute Gasteiger partial charge is 0.489 e. The number of hydrogen-bond acceptors (Lipinski definition) is 2. The molecule has 3 nitrogen and oxygen atoms in total. The van der Waals surface area contributed by atoms with Crippen LogP contribution in [0.3, 0.4) is 0 Å². The lowest BCUT2D eigenvalue weighted by Gasteiger charge is -2.06. The molecule has 1 aliphatic heterocycles. The monoisotopic (exact) mass is 256 g/mol. The molecule has 1 aliphatic rings. The molecule has 74 valence electrons. The van der Waals surface area contributed by atoms with Crippen LogP contribution < -0.4 is 4.74 Å². The summed E-state index contributed by atoms with van der Waals surface area (Å²) in [6.07, 6.45) is 0.840. The highest BCUT2D eigenvalue weighted by atomic mass is 79.9. The normalized spacial score (nSPS) is 18.9. The molecule has 4 heteroatoms. The van der Waals surface area contributed by atoms with Crippen LogP contribution in [0.4, 0.5) is 0 Å². The predicted molar refractivity (Wildman–Crippen MR) is 54.9 cm³/mol. The molecule has 1 heterocycles. The maximum absolute atomic E-state index is 10.9. The first-order valence-corrected chi connectivity index (χ1v) is 5.09. The summed E-state index contributed by atoms with van der Waals surface area (Å²) in [5.41, 5.74) is 1.20. The van der Waals surface area contributed by atoms with Crippen molar-refractivity contribution in [2.45, 2.75) is 19.4 Å². The number of rotatable bonds is 1. The number of carboxylic acid groups (broad SMARTS) is 1. The average Bonchev–Trinajstić information content (AvgIpc) is 2.42. The molecule has 0 amide bonds. The van der Waals surface area contributed by atoms with Crippen molar-refractivity contribution in [3.05, 3.63) is 27.7 Å². The van der Waals surface area contributed by atoms with Gasteiger partial charge in [-0.15, -0.1) is 0 Å². The van der Waals surface area contributed by atoms with E-state index in [1.54, 1.807) is 6.07 Å². The number of fused-ring (bicyclic) bond motifs is 1. The van der Waals surface area contributed by atoms with Crippen LogP contribution in [0.1, 0.15) is 22.8 Å². The summed E-state index contributed by atoms with van der Waals surface area (Å²) in [6, 6.07) is 3.48. The van der Waals surface area contributed by atoms with Crippen molar-refractivity contribution in [2.75, 3.05) is 0 Å². The van der Waals surface area contributed by atoms with Crippen LogP contribution in [-0.4, -0.2) is 17.2 Å². The van der Waals surface area contributed by atoms with E-state index in [0.717, 1.165) is 16.5 Å². The zero-order chi connectivity index (χ0) is 10.3. The van der Waals surface area contributed by atoms with Crippen LogP contribution in [0.2, 0.25) is 0 Å². The van der Waals surface area contributed by atoms with Crippen molar-refractivity contribution in [3.8, 4) is 5.75 Å². The lowest BCUT2D eigenvalue weighted by atomic mass is 10.1. The summed E-state index contributed by atoms with van der Waals surface area (Å²) in [5.74, 6) is -0.426. The van der Waals surface area contributed by atoms with Gasteiger partial charge in [0.15, 0.2) is 0 Å². The molecule has 0 saturated carbocycles. The smallest absolute Gasteiger partial charge is 0.339 e. The second-order valence-corrected chi connectivity index (χ2v) is 4.30. The van der Waals surface area contributed by atoms with Crippen molar-refractivity contribution < 1.29 is 14.6 Å². The molecule has 2 rings (SSSR count). The van der Waals surface area contributed by atoms with Crippen LogP contribution in [0.5, 0.6) is 5.75 Å². The number of aromatic carboxylic acids is 1. The summed E-state index contributed by atoms with van der Waals surface area (Å²) in [7, 11) is 0. The van der Waals surface area contributed by atoms with Gasteiger partial charge in [0, 0.05) is 10.9 Å². The molecule has 0 radical (unpaired) electrons. The van der Waals surface area contributed by atoms with Gasteiger partial charge in [0.1, 0.15) is 17.4 Å². The Morgan fingerprint density at radius 1 is 1.64 bits per heavy atom. The summed E-state index contributed by atoms with van der Waals surface area (Å²) in [4.78, 5) is 10.9. The third kappa shape index (κ3) is 1.50. The molecule has 0 aromatic heterocycles. The van der Waals surface area contributed by atoms with Crippen molar-refractivity contribution >= 4 is 21.9 Å². The second kappa shape index (κ2) is 3.28. The maximum atomic E-state index is 10.9. The minimum atomic E-state index is -0.948. The molecule has 1 atom stereocenters. The van der Waals surface area contributed by atoms with E-state index in [1.165, 1.54) is 0 Å². The van der Waals surface area contributed by atoms with Crippen LogP contribution in [0.25, 0.3) is 0 Å². The molecule has 0 fully saturated rings. The second-order valence-electron chi connectivity index (χ2n) is 3.38. The van der Waals surface area contributed by atoms with Gasteiger partial charge in [-0.1, -0.05) is 15.9 Å². The molecular weight excluding hydrogens is 248 g/mol. The maximum Gasteiger partial charge on any atom is 0.339 e. The number of carboxylic acids is 1. The molecule has 0 aliphatic carbocycles. The summed E-state index contributed by atoms with van der Waals surface area (Å²) in [5, 5.41) is 8.96. The fourth-order valence-corrected chi connectivity index (χ4v) is 2.16. The molecule has 0 bridgehead atoms. The van der Waals surface area contributed by atoms with Gasteiger partial charge in [-0.25, -0.2) is 4.79 Å². The van der Waals surface area contributed by atoms with Crippen molar-refractivity contribution in [2.24, 2.45) is 0 Å². The van der Waals surface area contributed by atoms with Crippen molar-refractivity contribution in [3.63, 3.8) is 0 Å². The van der Waals surface area contributed by atoms with E-state index in [-0.39, 0.29) is 11.7 Å². The van der Waals surface area contributed by atoms with Gasteiger partial charge in [-0.05, 0) is 24.6 Å². The molecule has 1 unspecified atom stereocenters. The molecule has 0 spiro atoms. The van der Waals surface area contributed by atoms with Gasteiger partial charge >= 0.3 is 5.97 Å². The Bertz CT molecular complexity index is 401. The average molecular weight is 257 g/mol. The molecule has 0 saturated heterocycles. The van der Waals surface area contributed by atoms with Crippen LogP contribution in [0, 0.1) is 0 Å². The van der Waals surface area contributed by atoms with E-state index in [4.69, 9.17) is 9.84 Å². The first-order valence-electron chi connectivity index (χ1n) is 4.30. The van der Waals surface area contributed by atoms with Crippen molar-refractivity contribution in [1.82, 2.24) is 0 Å². The van der Waals surface area contributed by atoms with Crippen molar-refractivity contribution in [1.29, 1.82) is 0 Å². The van der Waals surface area contributed by atoms with E-state index in [1.807, 2.05) is 13.0 Å². The number of carbonyl (C=O) groups is 1. The third-order valence-electron chi connectivity index (χ3n) is 2.19. The van der Waals surface area contributed by atoms with Crippen LogP contribution in [-0.2, 0) is 6.42 Å². The molecule has 1 N–H and O–H groups in total. The van der Waals surface area contributed by atoms with E-state index >= 15 is 0 Å². The van der Waals surface area contributed by atoms with Crippen LogP contribution >= 0.6 is 15.9 Å². The van der Waals surface area contributed by atoms with Gasteiger partial charge in [0.05, 0.1) is 0 Å². The topological polar surface area (TPSA) is 46.5 Å². The van der Waals surface area contributed by atoms with Gasteiger partial charge in [0.2, 0.25) is 0 Å². The van der Waals surface area contributed by atoms with Gasteiger partial charge in [0.25, 0.3) is 0 Å². The zero-order valence-electron chi connectivity index (χ0n) is 7.58. The molecule has 14 heavy (non-hydrogen) atoms. The lowest BCUT2D eigenvalue weighted by Crippen LogP contribution is -2.07. The SMILES string of the molecule is CC1Cc2cc(Br)cc(C(=O)O)c2O1. The Kier molecular flexibility index (Phi) is 2.23. The minimum Gasteiger partial charge on any atom is -0.489 e. The summed E-state index contributed by atoms with van der Waals surface area (Å²) >= 11 is 3.29. The Morgan fingerprint density at radius 3 is 3.00 bits per heavy atom. The highest BCUT2D eigenvalue weighted by molar-refractivity contribution is 9.10. The van der Waals surface area contributed by atoms with E-state index in [2.05, 4.69) is 15.9 Å². The number of benzene rings is 1. The van der Waals surface area contributed by atoms with Gasteiger partial charge in [-0.3, -0.25) is 0 Å². The minimum absolute atomic E-state index is 0.0670. The number of halogens is 1. The first kappa shape index (κ1) is 9.52. The number of ether oxygens (including phenoxy) is 1. The van der Waals surface area contributed by atoms with Gasteiger partial charge in [-0.2, -0.15) is 0 Å². The van der Waals surface area contributed by atoms with Crippen LogP contribution in [0.15, 0.2) is 16.6 Å². The lowest BCUT2D eigenvalue weighted by molar-refractivity contribution is 0.0691. The molecule has 1 aromatic rings. The number of hydrogen-bond donors (Lipinski definition) is 1. The highest BCUT2D eigenvalue weighted by Crippen LogP contribution is 2.35. The quantitative estimate of drug-likeness (QED) is 0.840. The highest BCUT2D eigenvalue weighted by Gasteiger charge is 2.25. The van der Waals surface area contributed by atoms with E-state index in [9.17, 15) is 4.79 Å². The predicted octanol–water partition coefficient (Wildman–Crippen LogP) is 2.47. The summed E-state index contributed by atoms with van der Waals surface area (Å²) in [6.45, 7) is 1.93. The molecular formula is C10H9BrO3. The third-order valence-corrected chi connectivity index (χ3v) is 2.65. The zero-order valence-corrected chi connectivity index (χ0v) is 9.17. The Hall–Kier alpha value is -1.03. The van der Waals surface area contributed by atoms with E-state index in [0.29, 0.717) is 5.75 Å². The molecule has 1 aromatic carbocycles. The Morgan fingerprint density at radius 2 is 2.36 bits per heavy atom.